The van der Waals surface area contributed by atoms with Crippen LogP contribution in [0.2, 0.25) is 0 Å². The van der Waals surface area contributed by atoms with Gasteiger partial charge in [-0.2, -0.15) is 0 Å². The fourth-order valence-corrected chi connectivity index (χ4v) is 3.53. The van der Waals surface area contributed by atoms with Crippen LogP contribution in [0.25, 0.3) is 0 Å². The zero-order chi connectivity index (χ0) is 21.3. The van der Waals surface area contributed by atoms with Crippen LogP contribution in [0.15, 0.2) is 41.5 Å². The average Bonchev–Trinajstić information content (AvgIpc) is 3.22. The highest BCUT2D eigenvalue weighted by molar-refractivity contribution is 5.80. The van der Waals surface area contributed by atoms with Crippen LogP contribution in [-0.4, -0.2) is 57.4 Å². The van der Waals surface area contributed by atoms with Crippen LogP contribution < -0.4 is 25.0 Å². The highest BCUT2D eigenvalue weighted by Crippen LogP contribution is 2.27. The summed E-state index contributed by atoms with van der Waals surface area (Å²) < 4.78 is 24.7. The third kappa shape index (κ3) is 5.52. The summed E-state index contributed by atoms with van der Waals surface area (Å²) in [4.78, 5) is 10.9. The highest BCUT2D eigenvalue weighted by atomic mass is 19.1. The van der Waals surface area contributed by atoms with Crippen LogP contribution in [0.3, 0.4) is 0 Å². The molecule has 1 atom stereocenters. The molecule has 1 aromatic heterocycles. The molecule has 1 fully saturated rings. The zero-order valence-corrected chi connectivity index (χ0v) is 17.8. The van der Waals surface area contributed by atoms with E-state index in [1.54, 1.807) is 26.5 Å². The van der Waals surface area contributed by atoms with Crippen molar-refractivity contribution in [3.63, 3.8) is 0 Å². The molecule has 0 amide bonds. The van der Waals surface area contributed by atoms with Crippen molar-refractivity contribution < 1.29 is 13.9 Å². The van der Waals surface area contributed by atoms with Gasteiger partial charge in [-0.1, -0.05) is 6.07 Å². The maximum absolute atomic E-state index is 14.0. The largest absolute Gasteiger partial charge is 0.493 e. The molecule has 2 aromatic rings. The Labute approximate surface area is 177 Å². The molecule has 0 bridgehead atoms. The second-order valence-corrected chi connectivity index (χ2v) is 7.08. The van der Waals surface area contributed by atoms with Crippen molar-refractivity contribution in [3.05, 3.63) is 47.9 Å². The Morgan fingerprint density at radius 2 is 2.10 bits per heavy atom. The summed E-state index contributed by atoms with van der Waals surface area (Å²) in [6.45, 7) is 4.89. The standard InChI is InChI=1S/C22H30FN5O2/c1-4-24-22(26-12-9-16-7-8-19(29-2)20(14-16)30-3)27-17-10-13-28(15-17)21-18(23)6-5-11-25-21/h5-8,11,14,17H,4,9-10,12-13,15H2,1-3H3,(H2,24,26,27). The van der Waals surface area contributed by atoms with Crippen LogP contribution in [0, 0.1) is 5.82 Å². The fourth-order valence-electron chi connectivity index (χ4n) is 3.53. The van der Waals surface area contributed by atoms with Gasteiger partial charge in [-0.15, -0.1) is 0 Å². The first kappa shape index (κ1) is 21.7. The summed E-state index contributed by atoms with van der Waals surface area (Å²) in [5.74, 6) is 2.34. The van der Waals surface area contributed by atoms with Gasteiger partial charge in [-0.25, -0.2) is 9.37 Å². The summed E-state index contributed by atoms with van der Waals surface area (Å²) in [5.41, 5.74) is 1.13. The van der Waals surface area contributed by atoms with Gasteiger partial charge in [0.15, 0.2) is 29.1 Å². The quantitative estimate of drug-likeness (QED) is 0.510. The number of anilines is 1. The molecule has 1 saturated heterocycles. The SMILES string of the molecule is CCNC(=NCCc1ccc(OC)c(OC)c1)NC1CCN(c2ncccc2F)C1. The Kier molecular flexibility index (Phi) is 7.70. The maximum Gasteiger partial charge on any atom is 0.191 e. The molecule has 1 aliphatic rings. The third-order valence-corrected chi connectivity index (χ3v) is 5.03. The summed E-state index contributed by atoms with van der Waals surface area (Å²) in [6.07, 6.45) is 3.31. The Hall–Kier alpha value is -3.03. The number of pyridine rings is 1. The number of hydrogen-bond donors (Lipinski definition) is 2. The molecular weight excluding hydrogens is 385 g/mol. The van der Waals surface area contributed by atoms with Crippen LogP contribution >= 0.6 is 0 Å². The van der Waals surface area contributed by atoms with E-state index in [0.29, 0.717) is 18.9 Å². The molecule has 2 N–H and O–H groups in total. The minimum absolute atomic E-state index is 0.185. The summed E-state index contributed by atoms with van der Waals surface area (Å²) >= 11 is 0. The Bertz CT molecular complexity index is 861. The van der Waals surface area contributed by atoms with Gasteiger partial charge in [-0.3, -0.25) is 4.99 Å². The van der Waals surface area contributed by atoms with Crippen molar-refractivity contribution in [1.29, 1.82) is 0 Å². The second kappa shape index (κ2) is 10.7. The lowest BCUT2D eigenvalue weighted by molar-refractivity contribution is 0.354. The second-order valence-electron chi connectivity index (χ2n) is 7.08. The van der Waals surface area contributed by atoms with Gasteiger partial charge in [0.05, 0.1) is 14.2 Å². The smallest absolute Gasteiger partial charge is 0.191 e. The Morgan fingerprint density at radius 3 is 2.83 bits per heavy atom. The van der Waals surface area contributed by atoms with E-state index in [-0.39, 0.29) is 11.9 Å². The van der Waals surface area contributed by atoms with Crippen LogP contribution in [-0.2, 0) is 6.42 Å². The molecule has 0 aliphatic carbocycles. The van der Waals surface area contributed by atoms with Crippen molar-refractivity contribution in [3.8, 4) is 11.5 Å². The summed E-state index contributed by atoms with van der Waals surface area (Å²) in [5, 5.41) is 6.75. The average molecular weight is 416 g/mol. The van der Waals surface area contributed by atoms with Crippen molar-refractivity contribution in [1.82, 2.24) is 15.6 Å². The molecule has 0 saturated carbocycles. The number of ether oxygens (including phenoxy) is 2. The Morgan fingerprint density at radius 1 is 1.27 bits per heavy atom. The minimum atomic E-state index is -0.284. The summed E-state index contributed by atoms with van der Waals surface area (Å²) in [7, 11) is 3.26. The van der Waals surface area contributed by atoms with Crippen molar-refractivity contribution in [2.75, 3.05) is 45.3 Å². The van der Waals surface area contributed by atoms with Crippen LogP contribution in [0.1, 0.15) is 18.9 Å². The van der Waals surface area contributed by atoms with Gasteiger partial charge in [0, 0.05) is 38.4 Å². The number of halogens is 1. The molecule has 7 nitrogen and oxygen atoms in total. The minimum Gasteiger partial charge on any atom is -0.493 e. The number of rotatable bonds is 8. The van der Waals surface area contributed by atoms with Crippen LogP contribution in [0.4, 0.5) is 10.2 Å². The maximum atomic E-state index is 14.0. The molecule has 1 aromatic carbocycles. The van der Waals surface area contributed by atoms with Gasteiger partial charge in [0.25, 0.3) is 0 Å². The van der Waals surface area contributed by atoms with Gasteiger partial charge in [0.2, 0.25) is 0 Å². The van der Waals surface area contributed by atoms with Crippen molar-refractivity contribution >= 4 is 11.8 Å². The lowest BCUT2D eigenvalue weighted by atomic mass is 10.1. The predicted octanol–water partition coefficient (Wildman–Crippen LogP) is 2.61. The number of methoxy groups -OCH3 is 2. The van der Waals surface area contributed by atoms with E-state index in [1.807, 2.05) is 30.0 Å². The number of aromatic nitrogens is 1. The van der Waals surface area contributed by atoms with Crippen LogP contribution in [0.5, 0.6) is 11.5 Å². The predicted molar refractivity (Wildman–Crippen MR) is 117 cm³/mol. The van der Waals surface area contributed by atoms with E-state index in [1.165, 1.54) is 6.07 Å². The van der Waals surface area contributed by atoms with Gasteiger partial charge in [0.1, 0.15) is 0 Å². The lowest BCUT2D eigenvalue weighted by Gasteiger charge is -2.20. The van der Waals surface area contributed by atoms with E-state index in [9.17, 15) is 4.39 Å². The molecule has 2 heterocycles. The molecular formula is C22H30FN5O2. The first-order valence-electron chi connectivity index (χ1n) is 10.3. The van der Waals surface area contributed by atoms with E-state index in [4.69, 9.17) is 14.5 Å². The molecule has 162 valence electrons. The van der Waals surface area contributed by atoms with E-state index in [0.717, 1.165) is 49.0 Å². The van der Waals surface area contributed by atoms with Crippen molar-refractivity contribution in [2.45, 2.75) is 25.8 Å². The fraction of sp³-hybridized carbons (Fsp3) is 0.455. The zero-order valence-electron chi connectivity index (χ0n) is 17.8. The van der Waals surface area contributed by atoms with Gasteiger partial charge < -0.3 is 25.0 Å². The third-order valence-electron chi connectivity index (χ3n) is 5.03. The number of nitrogens with one attached hydrogen (secondary N) is 2. The molecule has 30 heavy (non-hydrogen) atoms. The van der Waals surface area contributed by atoms with E-state index < -0.39 is 0 Å². The first-order valence-corrected chi connectivity index (χ1v) is 10.3. The number of nitrogens with zero attached hydrogens (tertiary/aromatic N) is 3. The highest BCUT2D eigenvalue weighted by Gasteiger charge is 2.25. The molecule has 8 heteroatoms. The lowest BCUT2D eigenvalue weighted by Crippen LogP contribution is -2.44. The number of hydrogen-bond acceptors (Lipinski definition) is 5. The van der Waals surface area contributed by atoms with E-state index >= 15 is 0 Å². The molecule has 3 rings (SSSR count). The van der Waals surface area contributed by atoms with Crippen molar-refractivity contribution in [2.24, 2.45) is 4.99 Å². The summed E-state index contributed by atoms with van der Waals surface area (Å²) in [6, 6.07) is 9.15. The molecule has 0 spiro atoms. The molecule has 1 unspecified atom stereocenters. The van der Waals surface area contributed by atoms with Gasteiger partial charge in [-0.05, 0) is 49.6 Å². The number of aliphatic imine (C=N–C) groups is 1. The first-order chi connectivity index (χ1) is 14.6. The Balaban J connectivity index is 1.57. The number of benzene rings is 1. The molecule has 0 radical (unpaired) electrons. The van der Waals surface area contributed by atoms with E-state index in [2.05, 4.69) is 15.6 Å². The topological polar surface area (TPSA) is 71.0 Å². The van der Waals surface area contributed by atoms with Gasteiger partial charge >= 0.3 is 0 Å². The molecule has 1 aliphatic heterocycles. The number of guanidine groups is 1. The normalized spacial score (nSPS) is 16.5. The monoisotopic (exact) mass is 415 g/mol.